The Morgan fingerprint density at radius 2 is 1.53 bits per heavy atom. The van der Waals surface area contributed by atoms with Gasteiger partial charge in [0, 0.05) is 6.54 Å². The lowest BCUT2D eigenvalue weighted by Crippen LogP contribution is -2.40. The maximum Gasteiger partial charge on any atom is 0.337 e. The van der Waals surface area contributed by atoms with Gasteiger partial charge >= 0.3 is 5.69 Å². The summed E-state index contributed by atoms with van der Waals surface area (Å²) in [5, 5.41) is 0. The predicted molar refractivity (Wildman–Crippen MR) is 127 cm³/mol. The molecule has 2 aromatic heterocycles. The minimum Gasteiger partial charge on any atom is -0.497 e. The van der Waals surface area contributed by atoms with E-state index in [1.165, 1.54) is 33.4 Å². The molecule has 34 heavy (non-hydrogen) atoms. The maximum absolute atomic E-state index is 13.6. The van der Waals surface area contributed by atoms with Crippen LogP contribution in [0.2, 0.25) is 0 Å². The Morgan fingerprint density at radius 1 is 0.853 bits per heavy atom. The van der Waals surface area contributed by atoms with Gasteiger partial charge in [-0.1, -0.05) is 42.5 Å². The molecular formula is C26H21FN4O3. The monoisotopic (exact) mass is 456 g/mol. The van der Waals surface area contributed by atoms with Crippen LogP contribution in [-0.4, -0.2) is 25.8 Å². The summed E-state index contributed by atoms with van der Waals surface area (Å²) in [6.07, 6.45) is 1.55. The molecule has 0 N–H and O–H groups in total. The van der Waals surface area contributed by atoms with Gasteiger partial charge in [-0.3, -0.25) is 9.36 Å². The number of hydrogen-bond donors (Lipinski definition) is 0. The van der Waals surface area contributed by atoms with E-state index in [-0.39, 0.29) is 12.2 Å². The van der Waals surface area contributed by atoms with Gasteiger partial charge in [-0.05, 0) is 47.5 Å². The Bertz CT molecular complexity index is 1570. The Kier molecular flexibility index (Phi) is 5.55. The maximum atomic E-state index is 13.6. The first-order valence-electron chi connectivity index (χ1n) is 10.7. The molecule has 2 heterocycles. The molecule has 170 valence electrons. The van der Waals surface area contributed by atoms with Crippen molar-refractivity contribution in [3.05, 3.63) is 123 Å². The first kappa shape index (κ1) is 21.4. The van der Waals surface area contributed by atoms with Crippen LogP contribution >= 0.6 is 0 Å². The van der Waals surface area contributed by atoms with Gasteiger partial charge in [0.1, 0.15) is 11.6 Å². The smallest absolute Gasteiger partial charge is 0.337 e. The van der Waals surface area contributed by atoms with Gasteiger partial charge in [-0.2, -0.15) is 0 Å². The molecule has 0 aliphatic carbocycles. The molecule has 0 aliphatic heterocycles. The van der Waals surface area contributed by atoms with Crippen LogP contribution in [0, 0.1) is 5.82 Å². The number of rotatable bonds is 6. The average molecular weight is 456 g/mol. The molecule has 7 nitrogen and oxygen atoms in total. The molecule has 0 radical (unpaired) electrons. The highest BCUT2D eigenvalue weighted by molar-refractivity contribution is 5.72. The number of aromatic nitrogens is 4. The molecule has 3 aromatic carbocycles. The van der Waals surface area contributed by atoms with E-state index >= 15 is 0 Å². The highest BCUT2D eigenvalue weighted by atomic mass is 19.1. The third kappa shape index (κ3) is 3.90. The summed E-state index contributed by atoms with van der Waals surface area (Å²) in [6, 6.07) is 22.4. The summed E-state index contributed by atoms with van der Waals surface area (Å²) < 4.78 is 23.0. The van der Waals surface area contributed by atoms with Crippen LogP contribution in [0.5, 0.6) is 5.75 Å². The highest BCUT2D eigenvalue weighted by Gasteiger charge is 2.19. The van der Waals surface area contributed by atoms with Crippen molar-refractivity contribution in [2.75, 3.05) is 7.11 Å². The fourth-order valence-corrected chi connectivity index (χ4v) is 3.96. The van der Waals surface area contributed by atoms with Crippen molar-refractivity contribution >= 4 is 11.2 Å². The standard InChI is InChI=1S/C26H21FN4O3/c1-34-22-13-7-19(8-14-22)16-30-25(32)23-24(28-17-29(23)15-18-5-3-2-4-6-18)31(26(30)33)21-11-9-20(27)10-12-21/h2-14,17H,15-16H2,1H3. The van der Waals surface area contributed by atoms with Gasteiger partial charge < -0.3 is 9.30 Å². The SMILES string of the molecule is COc1ccc(Cn2c(=O)c3c(ncn3Cc3ccccc3)n(-c3ccc(F)cc3)c2=O)cc1. The first-order chi connectivity index (χ1) is 16.5. The molecule has 5 aromatic rings. The summed E-state index contributed by atoms with van der Waals surface area (Å²) in [7, 11) is 1.57. The molecule has 8 heteroatoms. The lowest BCUT2D eigenvalue weighted by molar-refractivity contribution is 0.414. The number of methoxy groups -OCH3 is 1. The van der Waals surface area contributed by atoms with E-state index in [1.807, 2.05) is 30.3 Å². The van der Waals surface area contributed by atoms with Crippen LogP contribution in [0.1, 0.15) is 11.1 Å². The summed E-state index contributed by atoms with van der Waals surface area (Å²) in [5.74, 6) is 0.255. The average Bonchev–Trinajstić information content (AvgIpc) is 3.27. The molecule has 0 amide bonds. The molecule has 0 spiro atoms. The second kappa shape index (κ2) is 8.82. The van der Waals surface area contributed by atoms with Crippen molar-refractivity contribution in [3.63, 3.8) is 0 Å². The lowest BCUT2D eigenvalue weighted by Gasteiger charge is -2.13. The number of imidazole rings is 1. The Morgan fingerprint density at radius 3 is 2.21 bits per heavy atom. The minimum absolute atomic E-state index is 0.0648. The largest absolute Gasteiger partial charge is 0.497 e. The quantitative estimate of drug-likeness (QED) is 0.392. The van der Waals surface area contributed by atoms with Crippen LogP contribution < -0.4 is 16.0 Å². The number of benzene rings is 3. The summed E-state index contributed by atoms with van der Waals surface area (Å²) in [5.41, 5.74) is 1.70. The highest BCUT2D eigenvalue weighted by Crippen LogP contribution is 2.16. The van der Waals surface area contributed by atoms with Gasteiger partial charge in [0.2, 0.25) is 0 Å². The van der Waals surface area contributed by atoms with E-state index in [4.69, 9.17) is 4.74 Å². The Hall–Kier alpha value is -4.46. The van der Waals surface area contributed by atoms with Crippen molar-refractivity contribution in [1.82, 2.24) is 18.7 Å². The topological polar surface area (TPSA) is 71.1 Å². The fourth-order valence-electron chi connectivity index (χ4n) is 3.96. The van der Waals surface area contributed by atoms with Gasteiger partial charge in [0.15, 0.2) is 11.2 Å². The third-order valence-corrected chi connectivity index (χ3v) is 5.68. The number of halogens is 1. The normalized spacial score (nSPS) is 11.1. The molecule has 0 aliphatic rings. The zero-order valence-electron chi connectivity index (χ0n) is 18.4. The Balaban J connectivity index is 1.72. The molecule has 5 rings (SSSR count). The van der Waals surface area contributed by atoms with Gasteiger partial charge in [-0.15, -0.1) is 0 Å². The van der Waals surface area contributed by atoms with Crippen LogP contribution in [0.25, 0.3) is 16.9 Å². The van der Waals surface area contributed by atoms with Crippen LogP contribution in [0.15, 0.2) is 94.8 Å². The van der Waals surface area contributed by atoms with Gasteiger partial charge in [-0.25, -0.2) is 18.7 Å². The van der Waals surface area contributed by atoms with E-state index in [2.05, 4.69) is 4.98 Å². The van der Waals surface area contributed by atoms with Crippen molar-refractivity contribution in [2.24, 2.45) is 0 Å². The van der Waals surface area contributed by atoms with Crippen LogP contribution in [0.4, 0.5) is 4.39 Å². The van der Waals surface area contributed by atoms with Crippen LogP contribution in [-0.2, 0) is 13.1 Å². The molecule has 0 saturated heterocycles. The second-order valence-electron chi connectivity index (χ2n) is 7.86. The van der Waals surface area contributed by atoms with E-state index in [1.54, 1.807) is 42.3 Å². The molecular weight excluding hydrogens is 435 g/mol. The Labute approximate surface area is 193 Å². The van der Waals surface area contributed by atoms with Gasteiger partial charge in [0.05, 0.1) is 25.7 Å². The van der Waals surface area contributed by atoms with Crippen LogP contribution in [0.3, 0.4) is 0 Å². The number of nitrogens with zero attached hydrogens (tertiary/aromatic N) is 4. The second-order valence-corrected chi connectivity index (χ2v) is 7.86. The molecule has 0 bridgehead atoms. The van der Waals surface area contributed by atoms with E-state index in [0.29, 0.717) is 23.5 Å². The van der Waals surface area contributed by atoms with Crippen molar-refractivity contribution in [3.8, 4) is 11.4 Å². The summed E-state index contributed by atoms with van der Waals surface area (Å²) in [4.78, 5) is 31.5. The number of ether oxygens (including phenoxy) is 1. The van der Waals surface area contributed by atoms with E-state index in [9.17, 15) is 14.0 Å². The van der Waals surface area contributed by atoms with Gasteiger partial charge in [0.25, 0.3) is 5.56 Å². The zero-order valence-corrected chi connectivity index (χ0v) is 18.4. The first-order valence-corrected chi connectivity index (χ1v) is 10.7. The number of hydrogen-bond acceptors (Lipinski definition) is 4. The zero-order chi connectivity index (χ0) is 23.7. The lowest BCUT2D eigenvalue weighted by atomic mass is 10.2. The fraction of sp³-hybridized carbons (Fsp3) is 0.115. The minimum atomic E-state index is -0.551. The van der Waals surface area contributed by atoms with E-state index in [0.717, 1.165) is 11.1 Å². The predicted octanol–water partition coefficient (Wildman–Crippen LogP) is 3.59. The molecule has 0 fully saturated rings. The number of fused-ring (bicyclic) bond motifs is 1. The van der Waals surface area contributed by atoms with E-state index < -0.39 is 17.1 Å². The third-order valence-electron chi connectivity index (χ3n) is 5.68. The van der Waals surface area contributed by atoms with Crippen molar-refractivity contribution in [2.45, 2.75) is 13.1 Å². The summed E-state index contributed by atoms with van der Waals surface area (Å²) in [6.45, 7) is 0.478. The molecule has 0 atom stereocenters. The van der Waals surface area contributed by atoms with Crippen molar-refractivity contribution < 1.29 is 9.13 Å². The summed E-state index contributed by atoms with van der Waals surface area (Å²) >= 11 is 0. The van der Waals surface area contributed by atoms with Crippen molar-refractivity contribution in [1.29, 1.82) is 0 Å². The molecule has 0 unspecified atom stereocenters. The molecule has 0 saturated carbocycles.